The minimum absolute atomic E-state index is 0. The van der Waals surface area contributed by atoms with Crippen molar-refractivity contribution in [2.75, 3.05) is 23.2 Å². The fourth-order valence-electron chi connectivity index (χ4n) is 2.85. The summed E-state index contributed by atoms with van der Waals surface area (Å²) in [6.07, 6.45) is -1.31. The molecule has 7 N–H and O–H groups in total. The largest absolute Gasteiger partial charge is 0.665 e. The van der Waals surface area contributed by atoms with Crippen LogP contribution in [-0.2, 0) is 24.4 Å². The molecule has 2 aromatic rings. The molecule has 2 rings (SSSR count). The summed E-state index contributed by atoms with van der Waals surface area (Å²) in [6, 6.07) is 9.39. The van der Waals surface area contributed by atoms with Crippen LogP contribution < -0.4 is 20.7 Å². The Balaban J connectivity index is 0.00000648. The molecule has 193 valence electrons. The van der Waals surface area contributed by atoms with Crippen molar-refractivity contribution in [2.24, 2.45) is 0 Å². The molecule has 0 fully saturated rings. The van der Waals surface area contributed by atoms with E-state index in [0.29, 0.717) is 5.56 Å². The van der Waals surface area contributed by atoms with Crippen LogP contribution in [0.5, 0.6) is 0 Å². The maximum Gasteiger partial charge on any atom is 0.261 e. The van der Waals surface area contributed by atoms with E-state index in [1.165, 1.54) is 31.2 Å². The van der Waals surface area contributed by atoms with Crippen LogP contribution in [0, 0.1) is 51.0 Å². The van der Waals surface area contributed by atoms with Crippen molar-refractivity contribution in [1.29, 1.82) is 0 Å². The number of aliphatic hydroxyl groups excluding tert-OH is 2. The Morgan fingerprint density at radius 1 is 1.06 bits per heavy atom. The van der Waals surface area contributed by atoms with Gasteiger partial charge in [-0.15, -0.1) is 0 Å². The van der Waals surface area contributed by atoms with E-state index in [-0.39, 0.29) is 60.3 Å². The van der Waals surface area contributed by atoms with Crippen molar-refractivity contribution in [2.45, 2.75) is 36.9 Å². The van der Waals surface area contributed by atoms with Gasteiger partial charge in [0.2, 0.25) is 17.7 Å². The number of carbonyl (C=O) groups excluding carboxylic acids is 3. The van der Waals surface area contributed by atoms with Crippen molar-refractivity contribution in [3.05, 3.63) is 59.8 Å². The van der Waals surface area contributed by atoms with Gasteiger partial charge in [0.05, 0.1) is 23.2 Å². The summed E-state index contributed by atoms with van der Waals surface area (Å²) in [5, 5.41) is 25.8. The molecule has 0 bridgehead atoms. The Morgan fingerprint density at radius 2 is 1.69 bits per heavy atom. The molecule has 2 aromatic carbocycles. The van der Waals surface area contributed by atoms with Crippen LogP contribution in [0.3, 0.4) is 0 Å². The van der Waals surface area contributed by atoms with Crippen LogP contribution in [0.4, 0.5) is 11.4 Å². The van der Waals surface area contributed by atoms with Gasteiger partial charge in [-0.25, -0.2) is 8.42 Å². The van der Waals surface area contributed by atoms with Crippen molar-refractivity contribution in [1.82, 2.24) is 10.6 Å². The van der Waals surface area contributed by atoms with Crippen LogP contribution in [0.2, 0.25) is 0 Å². The number of hydrogen-bond acceptors (Lipinski definition) is 7. The first-order chi connectivity index (χ1) is 16.4. The topological polar surface area (TPSA) is 198 Å². The van der Waals surface area contributed by atoms with E-state index in [4.69, 9.17) is 10.8 Å². The molecule has 3 unspecified atom stereocenters. The Hall–Kier alpha value is -2.08. The van der Waals surface area contributed by atoms with Crippen molar-refractivity contribution < 1.29 is 77.1 Å². The van der Waals surface area contributed by atoms with Crippen LogP contribution in [0.1, 0.15) is 12.5 Å². The number of rotatable bonds is 11. The molecule has 0 aliphatic rings. The number of carbonyl (C=O) groups is 3. The van der Waals surface area contributed by atoms with E-state index >= 15 is 0 Å². The van der Waals surface area contributed by atoms with E-state index in [2.05, 4.69) is 20.7 Å². The van der Waals surface area contributed by atoms with Gasteiger partial charge in [-0.3, -0.25) is 19.1 Å². The summed E-state index contributed by atoms with van der Waals surface area (Å²) in [7, 11) is -3.86. The third-order valence-electron chi connectivity index (χ3n) is 4.80. The summed E-state index contributed by atoms with van der Waals surface area (Å²) in [5.41, 5.74) is 8.30. The summed E-state index contributed by atoms with van der Waals surface area (Å²) in [5.74, 6) is -2.45. The standard InChI is InChI=1S/C22H28N5O7S.Ac/c1-13-8-9-15(27-35(33,34)16-6-4-3-5-7-16)10-18(13)25-22(32)20(14(2)29)26-19(30)11-24-21(31)17(23)12-28;/h3-10,14,17,20,23,27-29H,11-12H2,1-2H3,(H,24,31)(H,25,32)(H,26,30);/q-1;. The predicted molar refractivity (Wildman–Crippen MR) is 129 cm³/mol. The van der Waals surface area contributed by atoms with Crippen LogP contribution in [0.25, 0.3) is 5.73 Å². The molecule has 36 heavy (non-hydrogen) atoms. The Morgan fingerprint density at radius 3 is 2.28 bits per heavy atom. The van der Waals surface area contributed by atoms with E-state index in [1.807, 2.05) is 0 Å². The fraction of sp³-hybridized carbons (Fsp3) is 0.318. The van der Waals surface area contributed by atoms with Crippen molar-refractivity contribution >= 4 is 39.1 Å². The zero-order valence-corrected chi connectivity index (χ0v) is 25.2. The molecule has 14 heteroatoms. The molecule has 0 aliphatic carbocycles. The number of anilines is 2. The van der Waals surface area contributed by atoms with E-state index in [1.54, 1.807) is 31.2 Å². The Kier molecular flexibility index (Phi) is 13.0. The van der Waals surface area contributed by atoms with Crippen molar-refractivity contribution in [3.8, 4) is 0 Å². The first kappa shape index (κ1) is 32.0. The molecule has 3 amide bonds. The molecular formula is C22H28AcN5O7S-. The molecule has 12 nitrogen and oxygen atoms in total. The second-order valence-electron chi connectivity index (χ2n) is 7.68. The van der Waals surface area contributed by atoms with Crippen molar-refractivity contribution in [3.63, 3.8) is 0 Å². The molecule has 0 saturated heterocycles. The van der Waals surface area contributed by atoms with E-state index in [9.17, 15) is 27.9 Å². The van der Waals surface area contributed by atoms with Gasteiger partial charge in [-0.1, -0.05) is 24.3 Å². The van der Waals surface area contributed by atoms with Gasteiger partial charge in [0.25, 0.3) is 10.0 Å². The zero-order chi connectivity index (χ0) is 26.2. The summed E-state index contributed by atoms with van der Waals surface area (Å²) in [6.45, 7) is 1.67. The predicted octanol–water partition coefficient (Wildman–Crippen LogP) is 0.129. The summed E-state index contributed by atoms with van der Waals surface area (Å²) >= 11 is 0. The monoisotopic (exact) mass is 733 g/mol. The third-order valence-corrected chi connectivity index (χ3v) is 6.20. The van der Waals surface area contributed by atoms with Gasteiger partial charge >= 0.3 is 0 Å². The molecule has 0 aromatic heterocycles. The number of benzene rings is 2. The fourth-order valence-corrected chi connectivity index (χ4v) is 3.92. The summed E-state index contributed by atoms with van der Waals surface area (Å²) in [4.78, 5) is 36.5. The number of nitrogens with one attached hydrogen (secondary N) is 5. The molecule has 0 heterocycles. The molecule has 0 saturated carbocycles. The second kappa shape index (κ2) is 14.6. The van der Waals surface area contributed by atoms with Crippen LogP contribution in [-0.4, -0.2) is 67.7 Å². The number of aliphatic hydroxyl groups is 2. The van der Waals surface area contributed by atoms with Gasteiger partial charge < -0.3 is 31.9 Å². The number of amides is 3. The molecule has 0 aliphatic heterocycles. The Bertz CT molecular complexity index is 1160. The third kappa shape index (κ3) is 9.42. The van der Waals surface area contributed by atoms with Crippen LogP contribution >= 0.6 is 0 Å². The first-order valence-electron chi connectivity index (χ1n) is 10.5. The summed E-state index contributed by atoms with van der Waals surface area (Å²) < 4.78 is 27.6. The maximum absolute atomic E-state index is 12.8. The number of aryl methyl sites for hydroxylation is 1. The van der Waals surface area contributed by atoms with Crippen LogP contribution in [0.15, 0.2) is 53.4 Å². The minimum atomic E-state index is -3.86. The van der Waals surface area contributed by atoms with E-state index < -0.39 is 59.1 Å². The van der Waals surface area contributed by atoms with Gasteiger partial charge in [0.15, 0.2) is 0 Å². The minimum Gasteiger partial charge on any atom is -0.665 e. The van der Waals surface area contributed by atoms with Gasteiger partial charge in [0.1, 0.15) is 6.04 Å². The zero-order valence-electron chi connectivity index (χ0n) is 19.7. The number of hydrogen-bond donors (Lipinski definition) is 6. The average molecular weight is 734 g/mol. The smallest absolute Gasteiger partial charge is 0.261 e. The number of sulfonamides is 1. The molecule has 3 atom stereocenters. The van der Waals surface area contributed by atoms with Gasteiger partial charge in [-0.2, -0.15) is 0 Å². The second-order valence-corrected chi connectivity index (χ2v) is 9.36. The van der Waals surface area contributed by atoms with E-state index in [0.717, 1.165) is 0 Å². The normalized spacial score (nSPS) is 13.4. The average Bonchev–Trinajstić information content (AvgIpc) is 2.82. The Labute approximate surface area is 245 Å². The maximum atomic E-state index is 12.8. The van der Waals surface area contributed by atoms with Gasteiger partial charge in [0, 0.05) is 56.4 Å². The molecular weight excluding hydrogens is 705 g/mol. The molecule has 0 spiro atoms. The quantitative estimate of drug-likeness (QED) is 0.189. The first-order valence-corrected chi connectivity index (χ1v) is 12.0. The molecule has 1 radical (unpaired) electrons. The SMILES string of the molecule is Cc1ccc(NS(=O)(=O)c2ccccc2)cc1NC(=O)C(NC(=O)CNC(=O)C([NH-])CO)C(C)O.[Ac]. The van der Waals surface area contributed by atoms with Gasteiger partial charge in [-0.05, 0) is 49.7 Å².